The van der Waals surface area contributed by atoms with Gasteiger partial charge in [0, 0.05) is 5.69 Å². The molecule has 4 aromatic rings. The van der Waals surface area contributed by atoms with Gasteiger partial charge >= 0.3 is 0 Å². The largest absolute Gasteiger partial charge is 0.322 e. The van der Waals surface area contributed by atoms with Gasteiger partial charge in [0.25, 0.3) is 15.9 Å². The summed E-state index contributed by atoms with van der Waals surface area (Å²) in [5, 5.41) is 13.8. The number of rotatable bonds is 6. The summed E-state index contributed by atoms with van der Waals surface area (Å²) in [7, 11) is -4.08. The quantitative estimate of drug-likeness (QED) is 0.422. The van der Waals surface area contributed by atoms with Crippen LogP contribution >= 0.6 is 23.2 Å². The van der Waals surface area contributed by atoms with Gasteiger partial charge in [0.1, 0.15) is 11.2 Å². The van der Waals surface area contributed by atoms with Gasteiger partial charge in [-0.25, -0.2) is 8.42 Å². The van der Waals surface area contributed by atoms with Crippen molar-refractivity contribution in [2.45, 2.75) is 4.90 Å². The standard InChI is InChI=1S/C20H14Cl2N6O3S/c21-15-6-2-3-7-17(15)25-32(30,31)19-11-13(9-10-16(19)22)24-20(29)14-5-1-4-8-18(14)28-12-23-26-27-28/h1-12,25H,(H,24,29). The van der Waals surface area contributed by atoms with Gasteiger partial charge in [-0.2, -0.15) is 4.68 Å². The highest BCUT2D eigenvalue weighted by atomic mass is 35.5. The van der Waals surface area contributed by atoms with Crippen molar-refractivity contribution in [2.75, 3.05) is 10.0 Å². The van der Waals surface area contributed by atoms with Crippen molar-refractivity contribution in [3.63, 3.8) is 0 Å². The summed E-state index contributed by atoms with van der Waals surface area (Å²) in [6.07, 6.45) is 1.36. The number of halogens is 2. The molecular formula is C20H14Cl2N6O3S. The van der Waals surface area contributed by atoms with Gasteiger partial charge in [-0.15, -0.1) is 5.10 Å². The Bertz CT molecular complexity index is 1390. The molecular weight excluding hydrogens is 475 g/mol. The van der Waals surface area contributed by atoms with Crippen molar-refractivity contribution in [1.29, 1.82) is 0 Å². The first-order valence-electron chi connectivity index (χ1n) is 9.06. The molecule has 2 N–H and O–H groups in total. The molecule has 32 heavy (non-hydrogen) atoms. The maximum Gasteiger partial charge on any atom is 0.263 e. The van der Waals surface area contributed by atoms with Crippen molar-refractivity contribution in [3.05, 3.63) is 88.7 Å². The summed E-state index contributed by atoms with van der Waals surface area (Å²) < 4.78 is 29.5. The Morgan fingerprint density at radius 3 is 2.44 bits per heavy atom. The molecule has 0 aliphatic rings. The molecule has 12 heteroatoms. The van der Waals surface area contributed by atoms with Crippen molar-refractivity contribution in [1.82, 2.24) is 20.2 Å². The van der Waals surface area contributed by atoms with Crippen LogP contribution in [0.4, 0.5) is 11.4 Å². The van der Waals surface area contributed by atoms with E-state index >= 15 is 0 Å². The minimum Gasteiger partial charge on any atom is -0.322 e. The fraction of sp³-hybridized carbons (Fsp3) is 0. The molecule has 1 aromatic heterocycles. The zero-order valence-corrected chi connectivity index (χ0v) is 18.4. The fourth-order valence-electron chi connectivity index (χ4n) is 2.87. The highest BCUT2D eigenvalue weighted by Crippen LogP contribution is 2.29. The fourth-order valence-corrected chi connectivity index (χ4v) is 4.71. The summed E-state index contributed by atoms with van der Waals surface area (Å²) in [4.78, 5) is 12.7. The second-order valence-corrected chi connectivity index (χ2v) is 8.92. The monoisotopic (exact) mass is 488 g/mol. The van der Waals surface area contributed by atoms with Crippen LogP contribution in [0.15, 0.2) is 78.0 Å². The molecule has 4 rings (SSSR count). The van der Waals surface area contributed by atoms with Gasteiger partial charge in [-0.05, 0) is 52.9 Å². The Morgan fingerprint density at radius 1 is 0.938 bits per heavy atom. The number of hydrogen-bond donors (Lipinski definition) is 2. The van der Waals surface area contributed by atoms with Crippen LogP contribution < -0.4 is 10.0 Å². The minimum atomic E-state index is -4.08. The molecule has 1 heterocycles. The lowest BCUT2D eigenvalue weighted by Crippen LogP contribution is -2.17. The van der Waals surface area contributed by atoms with Crippen LogP contribution in [0.25, 0.3) is 5.69 Å². The van der Waals surface area contributed by atoms with E-state index in [-0.39, 0.29) is 31.9 Å². The van der Waals surface area contributed by atoms with Gasteiger partial charge < -0.3 is 5.32 Å². The lowest BCUT2D eigenvalue weighted by molar-refractivity contribution is 0.102. The van der Waals surface area contributed by atoms with Crippen LogP contribution in [0, 0.1) is 0 Å². The van der Waals surface area contributed by atoms with E-state index in [1.165, 1.54) is 35.3 Å². The number of tetrazole rings is 1. The Labute approximate surface area is 193 Å². The SMILES string of the molecule is O=C(Nc1ccc(Cl)c(S(=O)(=O)Nc2ccccc2Cl)c1)c1ccccc1-n1cnnn1. The topological polar surface area (TPSA) is 119 Å². The van der Waals surface area contributed by atoms with Gasteiger partial charge in [0.2, 0.25) is 0 Å². The second kappa shape index (κ2) is 8.95. The van der Waals surface area contributed by atoms with Gasteiger partial charge in [0.05, 0.1) is 27.0 Å². The second-order valence-electron chi connectivity index (χ2n) is 6.46. The van der Waals surface area contributed by atoms with Crippen LogP contribution in [-0.2, 0) is 10.0 Å². The van der Waals surface area contributed by atoms with E-state index in [1.54, 1.807) is 42.5 Å². The number of carbonyl (C=O) groups is 1. The molecule has 0 unspecified atom stereocenters. The minimum absolute atomic E-state index is 0.0170. The Kier molecular flexibility index (Phi) is 6.08. The molecule has 0 aliphatic heterocycles. The zero-order chi connectivity index (χ0) is 22.7. The number of aromatic nitrogens is 4. The third-order valence-corrected chi connectivity index (χ3v) is 6.52. The zero-order valence-electron chi connectivity index (χ0n) is 16.1. The maximum absolute atomic E-state index is 12.9. The molecule has 162 valence electrons. The molecule has 9 nitrogen and oxygen atoms in total. The number of carbonyl (C=O) groups excluding carboxylic acids is 1. The maximum atomic E-state index is 12.9. The smallest absolute Gasteiger partial charge is 0.263 e. The van der Waals surface area contributed by atoms with Gasteiger partial charge in [0.15, 0.2) is 0 Å². The molecule has 0 fully saturated rings. The third-order valence-electron chi connectivity index (χ3n) is 4.34. The van der Waals surface area contributed by atoms with Crippen molar-refractivity contribution >= 4 is 50.5 Å². The number of sulfonamides is 1. The highest BCUT2D eigenvalue weighted by molar-refractivity contribution is 7.92. The Balaban J connectivity index is 1.63. The van der Waals surface area contributed by atoms with E-state index in [9.17, 15) is 13.2 Å². The van der Waals surface area contributed by atoms with E-state index in [0.717, 1.165) is 0 Å². The third kappa shape index (κ3) is 4.57. The molecule has 0 aliphatic carbocycles. The predicted molar refractivity (Wildman–Crippen MR) is 121 cm³/mol. The molecule has 3 aromatic carbocycles. The van der Waals surface area contributed by atoms with Crippen molar-refractivity contribution in [2.24, 2.45) is 0 Å². The average Bonchev–Trinajstić information content (AvgIpc) is 3.31. The number of benzene rings is 3. The van der Waals surface area contributed by atoms with Crippen LogP contribution in [0.5, 0.6) is 0 Å². The number of hydrogen-bond acceptors (Lipinski definition) is 6. The van der Waals surface area contributed by atoms with E-state index in [2.05, 4.69) is 25.6 Å². The number of nitrogens with one attached hydrogen (secondary N) is 2. The van der Waals surface area contributed by atoms with Crippen LogP contribution in [0.1, 0.15) is 10.4 Å². The summed E-state index contributed by atoms with van der Waals surface area (Å²) >= 11 is 12.2. The first-order chi connectivity index (χ1) is 15.3. The number of nitrogens with zero attached hydrogens (tertiary/aromatic N) is 4. The van der Waals surface area contributed by atoms with Crippen LogP contribution in [0.3, 0.4) is 0 Å². The average molecular weight is 489 g/mol. The molecule has 0 saturated heterocycles. The normalized spacial score (nSPS) is 11.2. The first kappa shape index (κ1) is 21.8. The van der Waals surface area contributed by atoms with Crippen molar-refractivity contribution < 1.29 is 13.2 Å². The first-order valence-corrected chi connectivity index (χ1v) is 11.3. The van der Waals surface area contributed by atoms with Crippen LogP contribution in [-0.4, -0.2) is 34.5 Å². The Morgan fingerprint density at radius 2 is 1.69 bits per heavy atom. The number of para-hydroxylation sites is 2. The predicted octanol–water partition coefficient (Wildman–Crippen LogP) is 4.02. The Hall–Kier alpha value is -3.47. The molecule has 0 bridgehead atoms. The number of anilines is 2. The van der Waals surface area contributed by atoms with E-state index in [1.807, 2.05) is 0 Å². The summed E-state index contributed by atoms with van der Waals surface area (Å²) in [6.45, 7) is 0. The van der Waals surface area contributed by atoms with E-state index in [4.69, 9.17) is 23.2 Å². The van der Waals surface area contributed by atoms with E-state index in [0.29, 0.717) is 5.69 Å². The van der Waals surface area contributed by atoms with Gasteiger partial charge in [-0.3, -0.25) is 9.52 Å². The lowest BCUT2D eigenvalue weighted by Gasteiger charge is -2.13. The highest BCUT2D eigenvalue weighted by Gasteiger charge is 2.21. The van der Waals surface area contributed by atoms with Crippen molar-refractivity contribution in [3.8, 4) is 5.69 Å². The summed E-state index contributed by atoms with van der Waals surface area (Å²) in [5.41, 5.74) is 1.17. The molecule has 0 atom stereocenters. The van der Waals surface area contributed by atoms with Gasteiger partial charge in [-0.1, -0.05) is 47.5 Å². The number of amides is 1. The molecule has 0 saturated carbocycles. The van der Waals surface area contributed by atoms with E-state index < -0.39 is 15.9 Å². The molecule has 0 spiro atoms. The summed E-state index contributed by atoms with van der Waals surface area (Å²) in [6, 6.07) is 17.2. The molecule has 0 radical (unpaired) electrons. The lowest BCUT2D eigenvalue weighted by atomic mass is 10.1. The van der Waals surface area contributed by atoms with Crippen LogP contribution in [0.2, 0.25) is 10.0 Å². The molecule has 1 amide bonds. The summed E-state index contributed by atoms with van der Waals surface area (Å²) in [5.74, 6) is -0.485.